The van der Waals surface area contributed by atoms with Gasteiger partial charge in [-0.2, -0.15) is 0 Å². The molecule has 1 saturated heterocycles. The number of rotatable bonds is 3. The maximum atomic E-state index is 3.69. The summed E-state index contributed by atoms with van der Waals surface area (Å²) in [4.78, 5) is 2.94. The Morgan fingerprint density at radius 1 is 1.38 bits per heavy atom. The largest absolute Gasteiger partial charge is 0.317 e. The quantitative estimate of drug-likeness (QED) is 0.846. The first-order chi connectivity index (χ1) is 7.75. The van der Waals surface area contributed by atoms with Crippen LogP contribution in [0.3, 0.4) is 0 Å². The molecule has 1 aliphatic rings. The van der Waals surface area contributed by atoms with Gasteiger partial charge >= 0.3 is 0 Å². The summed E-state index contributed by atoms with van der Waals surface area (Å²) >= 11 is 1.93. The van der Waals surface area contributed by atoms with E-state index in [4.69, 9.17) is 0 Å². The molecule has 2 rings (SSSR count). The molecule has 90 valence electrons. The summed E-state index contributed by atoms with van der Waals surface area (Å²) in [5.41, 5.74) is 1.43. The minimum atomic E-state index is 0.706. The van der Waals surface area contributed by atoms with Gasteiger partial charge < -0.3 is 10.6 Å². The molecular formula is C13H22N2S. The highest BCUT2D eigenvalue weighted by Gasteiger charge is 2.11. The second-order valence-electron chi connectivity index (χ2n) is 4.71. The molecule has 0 aliphatic carbocycles. The molecule has 1 unspecified atom stereocenters. The highest BCUT2D eigenvalue weighted by molar-refractivity contribution is 7.12. The van der Waals surface area contributed by atoms with Gasteiger partial charge in [-0.05, 0) is 57.8 Å². The zero-order valence-electron chi connectivity index (χ0n) is 10.3. The normalized spacial score (nSPS) is 22.0. The molecule has 2 N–H and O–H groups in total. The lowest BCUT2D eigenvalue weighted by molar-refractivity contribution is 0.470. The Morgan fingerprint density at radius 2 is 2.25 bits per heavy atom. The van der Waals surface area contributed by atoms with Crippen LogP contribution in [-0.2, 0) is 6.54 Å². The zero-order chi connectivity index (χ0) is 11.4. The lowest BCUT2D eigenvalue weighted by atomic mass is 10.1. The molecule has 0 amide bonds. The summed E-state index contributed by atoms with van der Waals surface area (Å²) in [5, 5.41) is 7.14. The van der Waals surface area contributed by atoms with Crippen LogP contribution in [0.15, 0.2) is 6.07 Å². The third kappa shape index (κ3) is 3.30. The van der Waals surface area contributed by atoms with Gasteiger partial charge in [0.1, 0.15) is 0 Å². The van der Waals surface area contributed by atoms with Crippen LogP contribution in [0.1, 0.15) is 34.6 Å². The van der Waals surface area contributed by atoms with Crippen molar-refractivity contribution in [3.8, 4) is 0 Å². The average molecular weight is 238 g/mol. The maximum absolute atomic E-state index is 3.69. The summed E-state index contributed by atoms with van der Waals surface area (Å²) in [5.74, 6) is 0. The fourth-order valence-corrected chi connectivity index (χ4v) is 3.21. The van der Waals surface area contributed by atoms with E-state index < -0.39 is 0 Å². The molecule has 1 aliphatic heterocycles. The first-order valence-corrected chi connectivity index (χ1v) is 7.07. The van der Waals surface area contributed by atoms with Gasteiger partial charge in [-0.15, -0.1) is 11.3 Å². The molecule has 16 heavy (non-hydrogen) atoms. The van der Waals surface area contributed by atoms with Gasteiger partial charge in [-0.25, -0.2) is 0 Å². The Kier molecular flexibility index (Phi) is 4.38. The van der Waals surface area contributed by atoms with Crippen molar-refractivity contribution in [2.75, 3.05) is 13.1 Å². The predicted molar refractivity (Wildman–Crippen MR) is 71.1 cm³/mol. The molecular weight excluding hydrogens is 216 g/mol. The molecule has 2 nitrogen and oxygen atoms in total. The van der Waals surface area contributed by atoms with Crippen molar-refractivity contribution in [3.05, 3.63) is 21.4 Å². The van der Waals surface area contributed by atoms with Gasteiger partial charge in [0, 0.05) is 22.3 Å². The molecule has 0 aromatic carbocycles. The Bertz CT molecular complexity index is 305. The average Bonchev–Trinajstić information content (AvgIpc) is 2.50. The van der Waals surface area contributed by atoms with Crippen LogP contribution in [0.4, 0.5) is 0 Å². The summed E-state index contributed by atoms with van der Waals surface area (Å²) in [6.07, 6.45) is 3.89. The van der Waals surface area contributed by atoms with Crippen molar-refractivity contribution < 1.29 is 0 Å². The zero-order valence-corrected chi connectivity index (χ0v) is 11.1. The van der Waals surface area contributed by atoms with Crippen molar-refractivity contribution in [1.82, 2.24) is 10.6 Å². The van der Waals surface area contributed by atoms with Gasteiger partial charge in [0.05, 0.1) is 0 Å². The fraction of sp³-hybridized carbons (Fsp3) is 0.692. The summed E-state index contributed by atoms with van der Waals surface area (Å²) < 4.78 is 0. The third-order valence-corrected chi connectivity index (χ3v) is 4.51. The highest BCUT2D eigenvalue weighted by atomic mass is 32.1. The Morgan fingerprint density at radius 3 is 3.00 bits per heavy atom. The minimum Gasteiger partial charge on any atom is -0.317 e. The topological polar surface area (TPSA) is 24.1 Å². The van der Waals surface area contributed by atoms with Crippen LogP contribution in [0.25, 0.3) is 0 Å². The van der Waals surface area contributed by atoms with Crippen LogP contribution in [0, 0.1) is 13.8 Å². The number of thiophene rings is 1. The maximum Gasteiger partial charge on any atom is 0.0302 e. The molecule has 1 fully saturated rings. The van der Waals surface area contributed by atoms with Gasteiger partial charge in [-0.3, -0.25) is 0 Å². The molecule has 1 atom stereocenters. The van der Waals surface area contributed by atoms with Crippen LogP contribution in [-0.4, -0.2) is 19.1 Å². The first-order valence-electron chi connectivity index (χ1n) is 6.25. The molecule has 0 saturated carbocycles. The molecule has 3 heteroatoms. The number of nitrogens with one attached hydrogen (secondary N) is 2. The van der Waals surface area contributed by atoms with E-state index in [1.54, 1.807) is 0 Å². The lowest BCUT2D eigenvalue weighted by Crippen LogP contribution is -2.29. The number of hydrogen-bond acceptors (Lipinski definition) is 3. The standard InChI is InChI=1S/C13H22N2S/c1-10-8-13(16-11(10)2)9-15-12-4-3-6-14-7-5-12/h8,12,14-15H,3-7,9H2,1-2H3. The molecule has 1 aromatic rings. The second kappa shape index (κ2) is 5.80. The van der Waals surface area contributed by atoms with Crippen LogP contribution >= 0.6 is 11.3 Å². The first kappa shape index (κ1) is 12.1. The predicted octanol–water partition coefficient (Wildman–Crippen LogP) is 2.60. The van der Waals surface area contributed by atoms with Crippen LogP contribution in [0.2, 0.25) is 0 Å². The smallest absolute Gasteiger partial charge is 0.0302 e. The minimum absolute atomic E-state index is 0.706. The second-order valence-corrected chi connectivity index (χ2v) is 6.05. The molecule has 0 spiro atoms. The van der Waals surface area contributed by atoms with Gasteiger partial charge in [-0.1, -0.05) is 0 Å². The SMILES string of the molecule is Cc1cc(CNC2CCCNCC2)sc1C. The van der Waals surface area contributed by atoms with Gasteiger partial charge in [0.25, 0.3) is 0 Å². The van der Waals surface area contributed by atoms with Gasteiger partial charge in [0.15, 0.2) is 0 Å². The third-order valence-electron chi connectivity index (χ3n) is 3.36. The van der Waals surface area contributed by atoms with E-state index in [0.717, 1.165) is 6.54 Å². The van der Waals surface area contributed by atoms with Crippen molar-refractivity contribution in [3.63, 3.8) is 0 Å². The molecule has 0 bridgehead atoms. The monoisotopic (exact) mass is 238 g/mol. The van der Waals surface area contributed by atoms with Crippen LogP contribution < -0.4 is 10.6 Å². The van der Waals surface area contributed by atoms with E-state index in [9.17, 15) is 0 Å². The Balaban J connectivity index is 1.81. The van der Waals surface area contributed by atoms with E-state index in [0.29, 0.717) is 6.04 Å². The van der Waals surface area contributed by atoms with Crippen molar-refractivity contribution in [2.45, 2.75) is 45.7 Å². The van der Waals surface area contributed by atoms with E-state index in [2.05, 4.69) is 30.5 Å². The van der Waals surface area contributed by atoms with E-state index in [1.165, 1.54) is 47.7 Å². The van der Waals surface area contributed by atoms with E-state index in [1.807, 2.05) is 11.3 Å². The fourth-order valence-electron chi connectivity index (χ4n) is 2.20. The number of aryl methyl sites for hydroxylation is 2. The van der Waals surface area contributed by atoms with E-state index >= 15 is 0 Å². The molecule has 1 aromatic heterocycles. The van der Waals surface area contributed by atoms with Crippen molar-refractivity contribution in [2.24, 2.45) is 0 Å². The summed E-state index contributed by atoms with van der Waals surface area (Å²) in [7, 11) is 0. The summed E-state index contributed by atoms with van der Waals surface area (Å²) in [6.45, 7) is 7.81. The summed E-state index contributed by atoms with van der Waals surface area (Å²) in [6, 6.07) is 3.03. The Labute approximate surface area is 102 Å². The Hall–Kier alpha value is -0.380. The van der Waals surface area contributed by atoms with Crippen molar-refractivity contribution in [1.29, 1.82) is 0 Å². The van der Waals surface area contributed by atoms with Gasteiger partial charge in [0.2, 0.25) is 0 Å². The molecule has 2 heterocycles. The number of hydrogen-bond donors (Lipinski definition) is 2. The lowest BCUT2D eigenvalue weighted by Gasteiger charge is -2.14. The van der Waals surface area contributed by atoms with Crippen LogP contribution in [0.5, 0.6) is 0 Å². The highest BCUT2D eigenvalue weighted by Crippen LogP contribution is 2.20. The molecule has 0 radical (unpaired) electrons. The van der Waals surface area contributed by atoms with E-state index in [-0.39, 0.29) is 0 Å². The van der Waals surface area contributed by atoms with Crippen molar-refractivity contribution >= 4 is 11.3 Å².